The molecule has 0 aromatic carbocycles. The van der Waals surface area contributed by atoms with Crippen LogP contribution in [-0.2, 0) is 12.6 Å². The van der Waals surface area contributed by atoms with E-state index in [2.05, 4.69) is 9.88 Å². The second-order valence-electron chi connectivity index (χ2n) is 3.76. The Hall–Kier alpha value is 0.606. The molecule has 2 aliphatic heterocycles. The Morgan fingerprint density at radius 1 is 1.53 bits per heavy atom. The molecule has 1 saturated heterocycles. The number of fused-ring (bicyclic) bond motifs is 3. The van der Waals surface area contributed by atoms with Crippen molar-refractivity contribution in [2.75, 3.05) is 18.1 Å². The number of hydrogen-bond donors (Lipinski definition) is 0. The molecule has 1 fully saturated rings. The van der Waals surface area contributed by atoms with Crippen LogP contribution in [0.25, 0.3) is 0 Å². The minimum atomic E-state index is 0. The first-order valence-electron chi connectivity index (χ1n) is 4.92. The zero-order valence-corrected chi connectivity index (χ0v) is 12.7. The van der Waals surface area contributed by atoms with Gasteiger partial charge in [0.05, 0.1) is 6.04 Å². The molecular formula is C10H11KN2OS. The third-order valence-electron chi connectivity index (χ3n) is 2.92. The van der Waals surface area contributed by atoms with Gasteiger partial charge in [0.2, 0.25) is 0 Å². The van der Waals surface area contributed by atoms with E-state index in [0.717, 1.165) is 29.6 Å². The van der Waals surface area contributed by atoms with Gasteiger partial charge in [-0.2, -0.15) is 0 Å². The second-order valence-corrected chi connectivity index (χ2v) is 4.20. The molecule has 3 nitrogen and oxygen atoms in total. The van der Waals surface area contributed by atoms with E-state index in [1.807, 2.05) is 6.07 Å². The Bertz CT molecular complexity index is 374. The van der Waals surface area contributed by atoms with Crippen molar-refractivity contribution in [1.29, 1.82) is 0 Å². The fraction of sp³-hybridized carbons (Fsp3) is 0.500. The molecular weight excluding hydrogens is 235 g/mol. The number of pyridine rings is 1. The maximum Gasteiger partial charge on any atom is 1.00 e. The third kappa shape index (κ3) is 2.06. The summed E-state index contributed by atoms with van der Waals surface area (Å²) in [4.78, 5) is 7.46. The normalized spacial score (nSPS) is 22.4. The van der Waals surface area contributed by atoms with Gasteiger partial charge in [-0.1, -0.05) is 6.07 Å². The summed E-state index contributed by atoms with van der Waals surface area (Å²) in [6.45, 7) is 1.86. The van der Waals surface area contributed by atoms with E-state index < -0.39 is 0 Å². The minimum Gasteiger partial charge on any atom is -0.776 e. The van der Waals surface area contributed by atoms with Crippen LogP contribution in [0.3, 0.4) is 0 Å². The zero-order valence-electron chi connectivity index (χ0n) is 8.77. The molecule has 3 rings (SSSR count). The molecule has 1 atom stereocenters. The van der Waals surface area contributed by atoms with Crippen LogP contribution in [-0.4, -0.2) is 24.2 Å². The van der Waals surface area contributed by atoms with Crippen molar-refractivity contribution in [3.63, 3.8) is 0 Å². The number of hydrogen-bond acceptors (Lipinski definition) is 4. The standard InChI is InChI=1S/C10H12N2OS.K/c14-8-3-4-11-10-9(8)13-6-7-2-1-5-12(7)10;/h3-4,7H,1-2,5-6H2,(H,11,14);/q;+1/p-1. The molecule has 0 spiro atoms. The Morgan fingerprint density at radius 2 is 2.40 bits per heavy atom. The Labute approximate surface area is 137 Å². The van der Waals surface area contributed by atoms with Crippen molar-refractivity contribution in [2.24, 2.45) is 0 Å². The molecule has 0 saturated carbocycles. The van der Waals surface area contributed by atoms with Crippen molar-refractivity contribution in [1.82, 2.24) is 4.98 Å². The SMILES string of the molecule is [K+].[S-]c1ccnc2c1OCC1CCCN21. The van der Waals surface area contributed by atoms with E-state index in [1.165, 1.54) is 12.8 Å². The van der Waals surface area contributed by atoms with Crippen LogP contribution < -0.4 is 61.0 Å². The molecule has 5 heteroatoms. The summed E-state index contributed by atoms with van der Waals surface area (Å²) < 4.78 is 5.66. The van der Waals surface area contributed by atoms with Gasteiger partial charge < -0.3 is 22.3 Å². The van der Waals surface area contributed by atoms with Crippen LogP contribution in [0.2, 0.25) is 0 Å². The number of rotatable bonds is 0. The van der Waals surface area contributed by atoms with E-state index in [9.17, 15) is 0 Å². The maximum atomic E-state index is 5.66. The van der Waals surface area contributed by atoms with Crippen molar-refractivity contribution in [3.8, 4) is 5.75 Å². The molecule has 1 unspecified atom stereocenters. The Morgan fingerprint density at radius 3 is 3.27 bits per heavy atom. The Kier molecular flexibility index (Phi) is 3.91. The van der Waals surface area contributed by atoms with Crippen LogP contribution in [0.1, 0.15) is 12.8 Å². The second kappa shape index (κ2) is 4.85. The predicted octanol–water partition coefficient (Wildman–Crippen LogP) is -1.65. The monoisotopic (exact) mass is 246 g/mol. The van der Waals surface area contributed by atoms with E-state index in [1.54, 1.807) is 6.20 Å². The molecule has 0 N–H and O–H groups in total. The maximum absolute atomic E-state index is 5.66. The first-order valence-corrected chi connectivity index (χ1v) is 5.32. The molecule has 0 amide bonds. The van der Waals surface area contributed by atoms with Gasteiger partial charge in [0.25, 0.3) is 0 Å². The van der Waals surface area contributed by atoms with Crippen molar-refractivity contribution >= 4 is 18.4 Å². The van der Waals surface area contributed by atoms with E-state index in [-0.39, 0.29) is 51.4 Å². The summed E-state index contributed by atoms with van der Waals surface area (Å²) in [6, 6.07) is 2.34. The van der Waals surface area contributed by atoms with Gasteiger partial charge >= 0.3 is 51.4 Å². The zero-order chi connectivity index (χ0) is 9.54. The fourth-order valence-electron chi connectivity index (χ4n) is 2.23. The van der Waals surface area contributed by atoms with Gasteiger partial charge in [0.1, 0.15) is 12.4 Å². The molecule has 15 heavy (non-hydrogen) atoms. The van der Waals surface area contributed by atoms with Gasteiger partial charge in [0.15, 0.2) is 5.82 Å². The van der Waals surface area contributed by atoms with E-state index in [0.29, 0.717) is 6.04 Å². The van der Waals surface area contributed by atoms with Crippen molar-refractivity contribution < 1.29 is 56.1 Å². The topological polar surface area (TPSA) is 25.4 Å². The number of aromatic nitrogens is 1. The first kappa shape index (κ1) is 12.1. The third-order valence-corrected chi connectivity index (χ3v) is 3.24. The average molecular weight is 246 g/mol. The van der Waals surface area contributed by atoms with Crippen LogP contribution >= 0.6 is 0 Å². The summed E-state index contributed by atoms with van der Waals surface area (Å²) in [5, 5.41) is 0. The summed E-state index contributed by atoms with van der Waals surface area (Å²) in [7, 11) is 0. The van der Waals surface area contributed by atoms with Gasteiger partial charge in [0, 0.05) is 12.7 Å². The van der Waals surface area contributed by atoms with Crippen LogP contribution in [0.5, 0.6) is 5.75 Å². The molecule has 3 heterocycles. The summed E-state index contributed by atoms with van der Waals surface area (Å²) in [6.07, 6.45) is 4.21. The number of ether oxygens (including phenoxy) is 1. The summed E-state index contributed by atoms with van der Waals surface area (Å²) >= 11 is 5.21. The first-order chi connectivity index (χ1) is 6.86. The summed E-state index contributed by atoms with van der Waals surface area (Å²) in [5.41, 5.74) is 0. The van der Waals surface area contributed by atoms with Gasteiger partial charge in [-0.05, 0) is 12.8 Å². The predicted molar refractivity (Wildman–Crippen MR) is 55.7 cm³/mol. The van der Waals surface area contributed by atoms with Crippen molar-refractivity contribution in [3.05, 3.63) is 12.3 Å². The van der Waals surface area contributed by atoms with Crippen LogP contribution in [0, 0.1) is 0 Å². The van der Waals surface area contributed by atoms with Gasteiger partial charge in [-0.3, -0.25) is 0 Å². The molecule has 1 aromatic rings. The number of anilines is 1. The fourth-order valence-corrected chi connectivity index (χ4v) is 2.44. The summed E-state index contributed by atoms with van der Waals surface area (Å²) in [5.74, 6) is 1.76. The molecule has 0 aliphatic carbocycles. The minimum absolute atomic E-state index is 0. The number of nitrogens with zero attached hydrogens (tertiary/aromatic N) is 2. The van der Waals surface area contributed by atoms with E-state index >= 15 is 0 Å². The van der Waals surface area contributed by atoms with Crippen LogP contribution in [0.4, 0.5) is 5.82 Å². The molecule has 1 aromatic heterocycles. The largest absolute Gasteiger partial charge is 1.00 e. The average Bonchev–Trinajstić information content (AvgIpc) is 2.66. The van der Waals surface area contributed by atoms with Crippen LogP contribution in [0.15, 0.2) is 17.2 Å². The van der Waals surface area contributed by atoms with Crippen molar-refractivity contribution in [2.45, 2.75) is 23.8 Å². The van der Waals surface area contributed by atoms with Gasteiger partial charge in [-0.15, -0.1) is 4.90 Å². The smallest absolute Gasteiger partial charge is 0.776 e. The van der Waals surface area contributed by atoms with E-state index in [4.69, 9.17) is 17.4 Å². The molecule has 2 aliphatic rings. The van der Waals surface area contributed by atoms with Gasteiger partial charge in [-0.25, -0.2) is 4.98 Å². The molecule has 0 radical (unpaired) electrons. The quantitative estimate of drug-likeness (QED) is 0.405. The Balaban J connectivity index is 0.000000853. The molecule has 74 valence electrons. The molecule has 0 bridgehead atoms.